The molecule has 0 atom stereocenters. The number of hydrogen-bond donors (Lipinski definition) is 0. The largest absolute Gasteiger partial charge is 2.00 e. The third-order valence-corrected chi connectivity index (χ3v) is 8.51. The summed E-state index contributed by atoms with van der Waals surface area (Å²) in [6.07, 6.45) is 8.23. The second-order valence-corrected chi connectivity index (χ2v) is 11.9. The first kappa shape index (κ1) is 32.5. The summed E-state index contributed by atoms with van der Waals surface area (Å²) in [7, 11) is 0. The molecule has 3 heterocycles. The Morgan fingerprint density at radius 2 is 1.55 bits per heavy atom. The number of nitrogens with zero attached hydrogens (tertiary/aromatic N) is 4. The maximum Gasteiger partial charge on any atom is 2.00 e. The van der Waals surface area contributed by atoms with E-state index in [9.17, 15) is 0 Å². The predicted molar refractivity (Wildman–Crippen MR) is 187 cm³/mol. The Morgan fingerprint density at radius 3 is 2.36 bits per heavy atom. The van der Waals surface area contributed by atoms with Crippen LogP contribution in [-0.2, 0) is 33.9 Å². The zero-order valence-electron chi connectivity index (χ0n) is 27.1. The number of aryl methyl sites for hydroxylation is 2. The van der Waals surface area contributed by atoms with Gasteiger partial charge in [0.2, 0.25) is 0 Å². The number of fused-ring (bicyclic) bond motifs is 3. The van der Waals surface area contributed by atoms with Gasteiger partial charge in [-0.05, 0) is 66.6 Å². The Labute approximate surface area is 291 Å². The molecule has 0 aliphatic carbocycles. The monoisotopic (exact) mass is 797 g/mol. The van der Waals surface area contributed by atoms with Crippen molar-refractivity contribution in [1.82, 2.24) is 19.3 Å². The molecule has 0 radical (unpaired) electrons. The minimum Gasteiger partial charge on any atom is -0.509 e. The van der Waals surface area contributed by atoms with E-state index in [-0.39, 0.29) is 21.1 Å². The van der Waals surface area contributed by atoms with Crippen molar-refractivity contribution in [2.45, 2.75) is 59.3 Å². The molecular formula is C41H38N4OPt. The van der Waals surface area contributed by atoms with E-state index in [0.717, 1.165) is 70.3 Å². The summed E-state index contributed by atoms with van der Waals surface area (Å²) in [5.41, 5.74) is 8.89. The van der Waals surface area contributed by atoms with Crippen molar-refractivity contribution in [1.29, 1.82) is 0 Å². The van der Waals surface area contributed by atoms with Crippen molar-refractivity contribution in [2.75, 3.05) is 0 Å². The van der Waals surface area contributed by atoms with E-state index in [1.54, 1.807) is 0 Å². The summed E-state index contributed by atoms with van der Waals surface area (Å²) >= 11 is 0. The van der Waals surface area contributed by atoms with Gasteiger partial charge >= 0.3 is 21.1 Å². The number of para-hydroxylation sites is 1. The number of benzene rings is 4. The predicted octanol–water partition coefficient (Wildman–Crippen LogP) is 10.4. The average molecular weight is 798 g/mol. The van der Waals surface area contributed by atoms with Gasteiger partial charge in [-0.1, -0.05) is 87.2 Å². The molecule has 5 nitrogen and oxygen atoms in total. The van der Waals surface area contributed by atoms with Gasteiger partial charge in [0.05, 0.1) is 5.69 Å². The Kier molecular flexibility index (Phi) is 10.0. The van der Waals surface area contributed by atoms with E-state index in [2.05, 4.69) is 115 Å². The van der Waals surface area contributed by atoms with E-state index in [4.69, 9.17) is 14.8 Å². The molecule has 0 N–H and O–H groups in total. The summed E-state index contributed by atoms with van der Waals surface area (Å²) < 4.78 is 10.7. The molecule has 0 aliphatic rings. The number of aromatic nitrogens is 4. The van der Waals surface area contributed by atoms with Crippen molar-refractivity contribution in [3.05, 3.63) is 132 Å². The number of unbranched alkanes of at least 4 members (excludes halogenated alkanes) is 2. The van der Waals surface area contributed by atoms with Gasteiger partial charge in [0.15, 0.2) is 0 Å². The summed E-state index contributed by atoms with van der Waals surface area (Å²) in [5, 5.41) is 7.46. The van der Waals surface area contributed by atoms with E-state index in [1.165, 1.54) is 29.7 Å². The summed E-state index contributed by atoms with van der Waals surface area (Å²) in [6.45, 7) is 6.55. The standard InChI is InChI=1S/C41H38N4O.Pt/c1-4-6-8-21-38-41(30-15-9-7-10-16-30)36(14-5-2)43-45(38)31-17-13-18-32(27-31)46-33-22-23-35-34-19-11-12-20-37(34)44(39(35)28-33)40-26-29(3)24-25-42-40;/h7,9-13,15-20,22-26H,4-6,8,14,21H2,1-3H3;/q-2;+2. The quantitative estimate of drug-likeness (QED) is 0.0968. The van der Waals surface area contributed by atoms with Crippen LogP contribution >= 0.6 is 0 Å². The van der Waals surface area contributed by atoms with E-state index in [0.29, 0.717) is 11.5 Å². The molecule has 7 aromatic rings. The maximum atomic E-state index is 6.48. The van der Waals surface area contributed by atoms with Gasteiger partial charge in [-0.25, -0.2) is 4.98 Å². The molecule has 6 heteroatoms. The van der Waals surface area contributed by atoms with Crippen molar-refractivity contribution in [3.63, 3.8) is 0 Å². The molecule has 3 aromatic heterocycles. The van der Waals surface area contributed by atoms with Gasteiger partial charge in [-0.15, -0.1) is 35.7 Å². The smallest absolute Gasteiger partial charge is 0.509 e. The molecule has 0 bridgehead atoms. The summed E-state index contributed by atoms with van der Waals surface area (Å²) in [6, 6.07) is 40.5. The van der Waals surface area contributed by atoms with Gasteiger partial charge in [-0.3, -0.25) is 4.68 Å². The molecule has 0 saturated heterocycles. The normalized spacial score (nSPS) is 11.2. The van der Waals surface area contributed by atoms with E-state index in [1.807, 2.05) is 30.5 Å². The van der Waals surface area contributed by atoms with Crippen LogP contribution in [0.5, 0.6) is 11.5 Å². The molecule has 238 valence electrons. The van der Waals surface area contributed by atoms with Crippen molar-refractivity contribution in [2.24, 2.45) is 0 Å². The first-order chi connectivity index (χ1) is 22.6. The topological polar surface area (TPSA) is 44.9 Å². The Bertz CT molecular complexity index is 2130. The zero-order valence-corrected chi connectivity index (χ0v) is 29.3. The molecule has 4 aromatic carbocycles. The van der Waals surface area contributed by atoms with E-state index >= 15 is 0 Å². The molecule has 0 saturated carbocycles. The van der Waals surface area contributed by atoms with E-state index < -0.39 is 0 Å². The first-order valence-electron chi connectivity index (χ1n) is 16.4. The fourth-order valence-electron chi connectivity index (χ4n) is 6.38. The number of rotatable bonds is 11. The van der Waals surface area contributed by atoms with Gasteiger partial charge in [0, 0.05) is 34.5 Å². The molecule has 0 spiro atoms. The first-order valence-corrected chi connectivity index (χ1v) is 16.4. The number of ether oxygens (including phenoxy) is 1. The molecule has 0 fully saturated rings. The average Bonchev–Trinajstić information content (AvgIpc) is 3.61. The van der Waals surface area contributed by atoms with Crippen LogP contribution in [-0.4, -0.2) is 19.3 Å². The fraction of sp³-hybridized carbons (Fsp3) is 0.220. The van der Waals surface area contributed by atoms with Gasteiger partial charge in [0.25, 0.3) is 0 Å². The van der Waals surface area contributed by atoms with Gasteiger partial charge in [0.1, 0.15) is 5.82 Å². The molecule has 47 heavy (non-hydrogen) atoms. The van der Waals surface area contributed by atoms with Crippen molar-refractivity contribution < 1.29 is 25.8 Å². The SMILES string of the molecule is CCCCCc1c(-c2ccccc2)c(CCC)nn1-c1[c-]c(Oc2[c-]c3c(cc2)c2ccccc2n3-c2cc(C)ccn2)ccc1.[Pt+2]. The minimum absolute atomic E-state index is 0. The number of hydrogen-bond acceptors (Lipinski definition) is 3. The second kappa shape index (κ2) is 14.5. The van der Waals surface area contributed by atoms with Crippen molar-refractivity contribution in [3.8, 4) is 34.1 Å². The Hall–Kier alpha value is -4.47. The molecule has 0 unspecified atom stereocenters. The van der Waals surface area contributed by atoms with Crippen LogP contribution in [0, 0.1) is 19.1 Å². The maximum absolute atomic E-state index is 6.48. The third kappa shape index (κ3) is 6.55. The Morgan fingerprint density at radius 1 is 0.745 bits per heavy atom. The summed E-state index contributed by atoms with van der Waals surface area (Å²) in [5.74, 6) is 2.11. The van der Waals surface area contributed by atoms with Crippen LogP contribution in [0.2, 0.25) is 0 Å². The fourth-order valence-corrected chi connectivity index (χ4v) is 6.38. The Balaban J connectivity index is 0.00000386. The van der Waals surface area contributed by atoms with Crippen LogP contribution in [0.3, 0.4) is 0 Å². The van der Waals surface area contributed by atoms with Crippen LogP contribution in [0.1, 0.15) is 56.5 Å². The molecular weight excluding hydrogens is 760 g/mol. The van der Waals surface area contributed by atoms with Crippen LogP contribution in [0.25, 0.3) is 44.4 Å². The zero-order chi connectivity index (χ0) is 31.5. The van der Waals surface area contributed by atoms with Gasteiger partial charge < -0.3 is 9.30 Å². The van der Waals surface area contributed by atoms with Crippen LogP contribution < -0.4 is 4.74 Å². The summed E-state index contributed by atoms with van der Waals surface area (Å²) in [4.78, 5) is 4.71. The van der Waals surface area contributed by atoms with Crippen molar-refractivity contribution >= 4 is 21.8 Å². The minimum atomic E-state index is 0. The molecule has 0 aliphatic heterocycles. The second-order valence-electron chi connectivity index (χ2n) is 11.9. The molecule has 0 amide bonds. The molecule has 7 rings (SSSR count). The number of pyridine rings is 1. The van der Waals surface area contributed by atoms with Crippen LogP contribution in [0.15, 0.2) is 103 Å². The van der Waals surface area contributed by atoms with Crippen LogP contribution in [0.4, 0.5) is 0 Å². The third-order valence-electron chi connectivity index (χ3n) is 8.51. The van der Waals surface area contributed by atoms with Gasteiger partial charge in [-0.2, -0.15) is 17.2 Å².